The Bertz CT molecular complexity index is 283. The molecule has 0 unspecified atom stereocenters. The van der Waals surface area contributed by atoms with Crippen molar-refractivity contribution in [2.24, 2.45) is 0 Å². The van der Waals surface area contributed by atoms with Crippen molar-refractivity contribution >= 4 is 27.5 Å². The summed E-state index contributed by atoms with van der Waals surface area (Å²) in [5.74, 6) is 1.69. The van der Waals surface area contributed by atoms with Gasteiger partial charge in [-0.15, -0.1) is 0 Å². The van der Waals surface area contributed by atoms with E-state index in [1.54, 1.807) is 0 Å². The van der Waals surface area contributed by atoms with Crippen molar-refractivity contribution in [2.45, 2.75) is 32.0 Å². The van der Waals surface area contributed by atoms with E-state index in [0.717, 1.165) is 12.1 Å². The molecule has 2 rings (SSSR count). The van der Waals surface area contributed by atoms with Crippen LogP contribution in [0.4, 0.5) is 0 Å². The zero-order valence-corrected chi connectivity index (χ0v) is 9.17. The Labute approximate surface area is 86.2 Å². The van der Waals surface area contributed by atoms with Gasteiger partial charge in [0.2, 0.25) is 5.14 Å². The molecule has 1 aliphatic rings. The third-order valence-corrected chi connectivity index (χ3v) is 2.70. The summed E-state index contributed by atoms with van der Waals surface area (Å²) >= 11 is 2.27. The van der Waals surface area contributed by atoms with Gasteiger partial charge in [0, 0.05) is 11.5 Å². The zero-order chi connectivity index (χ0) is 8.55. The summed E-state index contributed by atoms with van der Waals surface area (Å²) in [4.78, 5) is 0. The van der Waals surface area contributed by atoms with Crippen molar-refractivity contribution in [1.29, 1.82) is 0 Å². The molecule has 1 radical (unpaired) electrons. The molecule has 0 aliphatic heterocycles. The standard InChI is InChI=1S/C8H10BINO/c1-5-7(4-9-10)8(11-12-5)6-2-3-6/h6H,2-4H2,1H3. The smallest absolute Gasteiger partial charge is 0.204 e. The van der Waals surface area contributed by atoms with Gasteiger partial charge in [0.15, 0.2) is 0 Å². The Morgan fingerprint density at radius 1 is 1.67 bits per heavy atom. The van der Waals surface area contributed by atoms with Crippen molar-refractivity contribution in [3.8, 4) is 0 Å². The minimum atomic E-state index is 0.703. The molecule has 4 heteroatoms. The van der Waals surface area contributed by atoms with Gasteiger partial charge < -0.3 is 4.52 Å². The first-order valence-corrected chi connectivity index (χ1v) is 5.44. The van der Waals surface area contributed by atoms with Crippen LogP contribution in [0.15, 0.2) is 4.52 Å². The van der Waals surface area contributed by atoms with Gasteiger partial charge in [-0.1, -0.05) is 5.16 Å². The van der Waals surface area contributed by atoms with E-state index in [2.05, 4.69) is 32.7 Å². The molecule has 0 saturated heterocycles. The van der Waals surface area contributed by atoms with E-state index in [1.165, 1.54) is 24.1 Å². The van der Waals surface area contributed by atoms with Crippen LogP contribution in [-0.2, 0) is 6.32 Å². The Balaban J connectivity index is 2.26. The summed E-state index contributed by atoms with van der Waals surface area (Å²) in [6, 6.07) is 0. The van der Waals surface area contributed by atoms with Crippen LogP contribution in [0, 0.1) is 6.92 Å². The summed E-state index contributed by atoms with van der Waals surface area (Å²) in [6.45, 7) is 1.99. The lowest BCUT2D eigenvalue weighted by Gasteiger charge is -1.95. The van der Waals surface area contributed by atoms with E-state index >= 15 is 0 Å². The maximum atomic E-state index is 5.18. The molecular formula is C8H10BINO. The van der Waals surface area contributed by atoms with Crippen molar-refractivity contribution < 1.29 is 4.52 Å². The monoisotopic (exact) mass is 274 g/mol. The second-order valence-electron chi connectivity index (χ2n) is 3.24. The highest BCUT2D eigenvalue weighted by atomic mass is 127. The molecule has 0 amide bonds. The zero-order valence-electron chi connectivity index (χ0n) is 7.01. The number of rotatable bonds is 3. The molecule has 12 heavy (non-hydrogen) atoms. The summed E-state index contributed by atoms with van der Waals surface area (Å²) in [7, 11) is 0. The number of nitrogens with zero attached hydrogens (tertiary/aromatic N) is 1. The first-order valence-electron chi connectivity index (χ1n) is 4.20. The van der Waals surface area contributed by atoms with Gasteiger partial charge in [0.1, 0.15) is 5.76 Å². The fourth-order valence-electron chi connectivity index (χ4n) is 1.41. The Morgan fingerprint density at radius 2 is 2.42 bits per heavy atom. The SMILES string of the molecule is Cc1onc(C2CC2)c1C[B]I. The Hall–Kier alpha value is 0.00494. The maximum Gasteiger partial charge on any atom is 0.204 e. The van der Waals surface area contributed by atoms with Crippen LogP contribution in [0.5, 0.6) is 0 Å². The molecule has 1 aromatic rings. The fourth-order valence-corrected chi connectivity index (χ4v) is 1.85. The van der Waals surface area contributed by atoms with E-state index < -0.39 is 0 Å². The molecule has 0 atom stereocenters. The summed E-state index contributed by atoms with van der Waals surface area (Å²) in [5, 5.41) is 6.23. The maximum absolute atomic E-state index is 5.18. The van der Waals surface area contributed by atoms with Crippen LogP contribution in [0.3, 0.4) is 0 Å². The van der Waals surface area contributed by atoms with Gasteiger partial charge in [-0.3, -0.25) is 0 Å². The van der Waals surface area contributed by atoms with Gasteiger partial charge in [-0.05, 0) is 26.1 Å². The highest BCUT2D eigenvalue weighted by Crippen LogP contribution is 2.41. The average Bonchev–Trinajstić information content (AvgIpc) is 2.82. The lowest BCUT2D eigenvalue weighted by Crippen LogP contribution is -1.94. The topological polar surface area (TPSA) is 26.0 Å². The van der Waals surface area contributed by atoms with Crippen molar-refractivity contribution in [3.05, 3.63) is 17.0 Å². The van der Waals surface area contributed by atoms with E-state index in [9.17, 15) is 0 Å². The van der Waals surface area contributed by atoms with Crippen molar-refractivity contribution in [1.82, 2.24) is 5.16 Å². The Kier molecular flexibility index (Phi) is 2.43. The minimum Gasteiger partial charge on any atom is -0.361 e. The van der Waals surface area contributed by atoms with Crippen molar-refractivity contribution in [2.75, 3.05) is 0 Å². The van der Waals surface area contributed by atoms with Crippen LogP contribution < -0.4 is 0 Å². The van der Waals surface area contributed by atoms with E-state index in [0.29, 0.717) is 5.92 Å². The van der Waals surface area contributed by atoms with E-state index in [-0.39, 0.29) is 0 Å². The second-order valence-corrected chi connectivity index (χ2v) is 4.12. The highest BCUT2D eigenvalue weighted by Gasteiger charge is 2.30. The lowest BCUT2D eigenvalue weighted by atomic mass is 9.94. The van der Waals surface area contributed by atoms with Crippen molar-refractivity contribution in [3.63, 3.8) is 0 Å². The second kappa shape index (κ2) is 3.40. The fraction of sp³-hybridized carbons (Fsp3) is 0.625. The molecule has 1 aliphatic carbocycles. The van der Waals surface area contributed by atoms with E-state index in [1.807, 2.05) is 6.92 Å². The number of halogens is 1. The predicted molar refractivity (Wildman–Crippen MR) is 56.7 cm³/mol. The third-order valence-electron chi connectivity index (χ3n) is 2.26. The van der Waals surface area contributed by atoms with Crippen LogP contribution in [-0.4, -0.2) is 10.3 Å². The molecule has 1 aromatic heterocycles. The van der Waals surface area contributed by atoms with Gasteiger partial charge in [-0.25, -0.2) is 0 Å². The number of aromatic nitrogens is 1. The normalized spacial score (nSPS) is 16.5. The summed E-state index contributed by atoms with van der Waals surface area (Å²) in [5.41, 5.74) is 2.52. The molecule has 0 N–H and O–H groups in total. The summed E-state index contributed by atoms with van der Waals surface area (Å²) < 4.78 is 5.18. The summed E-state index contributed by atoms with van der Waals surface area (Å²) in [6.07, 6.45) is 3.57. The van der Waals surface area contributed by atoms with E-state index in [4.69, 9.17) is 4.52 Å². The molecule has 0 bridgehead atoms. The molecule has 2 nitrogen and oxygen atoms in total. The first kappa shape index (κ1) is 8.60. The molecule has 63 valence electrons. The number of hydrogen-bond donors (Lipinski definition) is 0. The predicted octanol–water partition coefficient (Wildman–Crippen LogP) is 2.41. The average molecular weight is 274 g/mol. The minimum absolute atomic E-state index is 0.703. The van der Waals surface area contributed by atoms with Crippen LogP contribution in [0.2, 0.25) is 0 Å². The van der Waals surface area contributed by atoms with Crippen LogP contribution in [0.1, 0.15) is 35.8 Å². The molecule has 1 saturated carbocycles. The molecule has 1 fully saturated rings. The molecule has 0 spiro atoms. The van der Waals surface area contributed by atoms with Gasteiger partial charge in [0.05, 0.1) is 5.69 Å². The molecule has 0 aromatic carbocycles. The highest BCUT2D eigenvalue weighted by molar-refractivity contribution is 14.1. The van der Waals surface area contributed by atoms with Gasteiger partial charge in [-0.2, -0.15) is 22.4 Å². The van der Waals surface area contributed by atoms with Crippen LogP contribution in [0.25, 0.3) is 0 Å². The van der Waals surface area contributed by atoms with Gasteiger partial charge in [0.25, 0.3) is 0 Å². The Morgan fingerprint density at radius 3 is 3.00 bits per heavy atom. The largest absolute Gasteiger partial charge is 0.361 e. The third kappa shape index (κ3) is 1.53. The first-order chi connectivity index (χ1) is 5.83. The molecule has 1 heterocycles. The number of hydrogen-bond acceptors (Lipinski definition) is 2. The number of aryl methyl sites for hydroxylation is 1. The quantitative estimate of drug-likeness (QED) is 0.624. The van der Waals surface area contributed by atoms with Gasteiger partial charge >= 0.3 is 0 Å². The van der Waals surface area contributed by atoms with Crippen LogP contribution >= 0.6 is 22.4 Å². The molecular weight excluding hydrogens is 264 g/mol. The lowest BCUT2D eigenvalue weighted by molar-refractivity contribution is 0.390.